The highest BCUT2D eigenvalue weighted by atomic mass is 79.9. The lowest BCUT2D eigenvalue weighted by Crippen LogP contribution is -2.26. The van der Waals surface area contributed by atoms with Crippen molar-refractivity contribution in [2.45, 2.75) is 27.7 Å². The van der Waals surface area contributed by atoms with E-state index in [4.69, 9.17) is 17.3 Å². The number of aryl methyl sites for hydroxylation is 1. The molecule has 0 bridgehead atoms. The van der Waals surface area contributed by atoms with Crippen molar-refractivity contribution in [3.63, 3.8) is 0 Å². The number of amidine groups is 1. The topological polar surface area (TPSA) is 144 Å². The number of carbonyl (C=O) groups excluding carboxylic acids is 1. The Morgan fingerprint density at radius 3 is 2.48 bits per heavy atom. The summed E-state index contributed by atoms with van der Waals surface area (Å²) in [5.74, 6) is 5.57. The molecule has 0 saturated heterocycles. The molecule has 0 saturated carbocycles. The number of hydrazine groups is 1. The predicted octanol–water partition coefficient (Wildman–Crippen LogP) is 3.78. The van der Waals surface area contributed by atoms with E-state index in [-0.39, 0.29) is 11.6 Å². The van der Waals surface area contributed by atoms with Crippen LogP contribution in [0.1, 0.15) is 42.3 Å². The minimum atomic E-state index is -0.557. The maximum Gasteiger partial charge on any atom is 0.279 e. The van der Waals surface area contributed by atoms with E-state index in [0.29, 0.717) is 22.5 Å². The summed E-state index contributed by atoms with van der Waals surface area (Å²) < 4.78 is 0.788. The van der Waals surface area contributed by atoms with Crippen LogP contribution in [-0.4, -0.2) is 21.8 Å². The van der Waals surface area contributed by atoms with Crippen LogP contribution in [0.5, 0.6) is 0 Å². The van der Waals surface area contributed by atoms with E-state index in [1.54, 1.807) is 36.8 Å². The average molecular weight is 487 g/mol. The van der Waals surface area contributed by atoms with E-state index >= 15 is 0 Å². The quantitative estimate of drug-likeness (QED) is 0.165. The third kappa shape index (κ3) is 6.66. The summed E-state index contributed by atoms with van der Waals surface area (Å²) in [6.07, 6.45) is 6.09. The molecule has 8 nitrogen and oxygen atoms in total. The van der Waals surface area contributed by atoms with Gasteiger partial charge in [-0.25, -0.2) is 5.84 Å². The Balaban J connectivity index is 2.31. The first-order valence-corrected chi connectivity index (χ1v) is 10.2. The first-order chi connectivity index (χ1) is 14.4. The number of pyridine rings is 1. The minimum absolute atomic E-state index is 0.0296. The van der Waals surface area contributed by atoms with Gasteiger partial charge in [0.25, 0.3) is 5.91 Å². The van der Waals surface area contributed by atoms with Crippen LogP contribution in [-0.2, 0) is 0 Å². The molecular weight excluding hydrogens is 460 g/mol. The summed E-state index contributed by atoms with van der Waals surface area (Å²) in [7, 11) is 0. The van der Waals surface area contributed by atoms with Crippen molar-refractivity contribution in [1.82, 2.24) is 4.98 Å². The molecule has 0 aliphatic rings. The van der Waals surface area contributed by atoms with Gasteiger partial charge >= 0.3 is 0 Å². The third-order valence-corrected chi connectivity index (χ3v) is 4.77. The fraction of sp³-hybridized carbons (Fsp3) is 0.227. The van der Waals surface area contributed by atoms with Gasteiger partial charge in [-0.2, -0.15) is 4.99 Å². The molecule has 0 atom stereocenters. The molecule has 9 heteroatoms. The molecule has 0 unspecified atom stereocenters. The molecule has 0 fully saturated rings. The molecule has 7 N–H and O–H groups in total. The van der Waals surface area contributed by atoms with Crippen molar-refractivity contribution in [2.75, 3.05) is 5.01 Å². The van der Waals surface area contributed by atoms with E-state index in [0.717, 1.165) is 10.0 Å². The van der Waals surface area contributed by atoms with Crippen molar-refractivity contribution in [2.24, 2.45) is 27.7 Å². The first-order valence-electron chi connectivity index (χ1n) is 9.41. The highest BCUT2D eigenvalue weighted by molar-refractivity contribution is 9.10. The largest absolute Gasteiger partial charge is 0.512 e. The van der Waals surface area contributed by atoms with Gasteiger partial charge in [0, 0.05) is 45.7 Å². The number of allylic oxidation sites excluding steroid dienone is 1. The van der Waals surface area contributed by atoms with Crippen molar-refractivity contribution >= 4 is 39.1 Å². The van der Waals surface area contributed by atoms with E-state index in [9.17, 15) is 9.90 Å². The lowest BCUT2D eigenvalue weighted by atomic mass is 9.93. The van der Waals surface area contributed by atoms with E-state index in [2.05, 4.69) is 25.9 Å². The summed E-state index contributed by atoms with van der Waals surface area (Å²) in [5, 5.41) is 11.4. The molecule has 1 aromatic heterocycles. The molecule has 1 amide bonds. The Morgan fingerprint density at radius 1 is 1.19 bits per heavy atom. The first kappa shape index (κ1) is 24.1. The molecule has 1 heterocycles. The second-order valence-corrected chi connectivity index (χ2v) is 8.92. The van der Waals surface area contributed by atoms with Crippen LogP contribution >= 0.6 is 15.9 Å². The lowest BCUT2D eigenvalue weighted by molar-refractivity contribution is 0.100. The van der Waals surface area contributed by atoms with Crippen LogP contribution < -0.4 is 22.3 Å². The zero-order valence-electron chi connectivity index (χ0n) is 17.9. The Morgan fingerprint density at radius 2 is 1.87 bits per heavy atom. The van der Waals surface area contributed by atoms with Crippen LogP contribution in [0.2, 0.25) is 0 Å². The van der Waals surface area contributed by atoms with E-state index in [1.807, 2.05) is 33.8 Å². The van der Waals surface area contributed by atoms with Gasteiger partial charge in [0.2, 0.25) is 0 Å². The normalized spacial score (nSPS) is 13.3. The minimum Gasteiger partial charge on any atom is -0.512 e. The van der Waals surface area contributed by atoms with Gasteiger partial charge in [-0.1, -0.05) is 26.8 Å². The van der Waals surface area contributed by atoms with Gasteiger partial charge < -0.3 is 16.6 Å². The second-order valence-electron chi connectivity index (χ2n) is 8.01. The Labute approximate surface area is 190 Å². The number of aromatic nitrogens is 1. The standard InChI is InChI=1S/C22H27BrN6O2/c1-13-5-6-14(21(31)28-20(25)9-19(30)22(2,3)4)8-18(13)29(26)12-17(24)15-7-16(23)11-27-10-15/h5-12,30H,24,26H2,1-4H3,(H2,25,28,31)/b17-12-,19-9-. The molecular formula is C22H27BrN6O2. The predicted molar refractivity (Wildman–Crippen MR) is 128 cm³/mol. The number of hydrogen-bond donors (Lipinski definition) is 4. The van der Waals surface area contributed by atoms with Gasteiger partial charge in [-0.05, 0) is 46.6 Å². The van der Waals surface area contributed by atoms with E-state index in [1.165, 1.54) is 11.1 Å². The monoisotopic (exact) mass is 486 g/mol. The number of halogens is 1. The maximum absolute atomic E-state index is 12.6. The zero-order chi connectivity index (χ0) is 23.3. The molecule has 1 aromatic carbocycles. The van der Waals surface area contributed by atoms with Crippen LogP contribution in [0, 0.1) is 12.3 Å². The number of hydrogen-bond acceptors (Lipinski definition) is 6. The van der Waals surface area contributed by atoms with Crippen LogP contribution in [0.4, 0.5) is 5.69 Å². The number of aliphatic hydroxyl groups excluding tert-OH is 1. The smallest absolute Gasteiger partial charge is 0.279 e. The van der Waals surface area contributed by atoms with Crippen molar-refractivity contribution < 1.29 is 9.90 Å². The van der Waals surface area contributed by atoms with Crippen LogP contribution in [0.25, 0.3) is 5.70 Å². The van der Waals surface area contributed by atoms with Crippen LogP contribution in [0.15, 0.2) is 64.2 Å². The highest BCUT2D eigenvalue weighted by Gasteiger charge is 2.17. The molecule has 164 valence electrons. The summed E-state index contributed by atoms with van der Waals surface area (Å²) in [6.45, 7) is 7.31. The SMILES string of the molecule is Cc1ccc(C(=O)N=C(N)/C=C(\O)C(C)(C)C)cc1N(N)/C=C(\N)c1cncc(Br)c1. The third-order valence-electron chi connectivity index (χ3n) is 4.33. The van der Waals surface area contributed by atoms with Gasteiger partial charge in [0.05, 0.1) is 11.4 Å². The molecule has 0 aliphatic heterocycles. The zero-order valence-corrected chi connectivity index (χ0v) is 19.5. The van der Waals surface area contributed by atoms with Crippen molar-refractivity contribution in [3.05, 3.63) is 75.9 Å². The van der Waals surface area contributed by atoms with Gasteiger partial charge in [0.15, 0.2) is 0 Å². The highest BCUT2D eigenvalue weighted by Crippen LogP contribution is 2.23. The lowest BCUT2D eigenvalue weighted by Gasteiger charge is -2.18. The molecule has 0 aliphatic carbocycles. The Kier molecular flexibility index (Phi) is 7.59. The number of anilines is 1. The average Bonchev–Trinajstić information content (AvgIpc) is 2.67. The number of benzene rings is 1. The summed E-state index contributed by atoms with van der Waals surface area (Å²) in [5.41, 5.74) is 14.2. The van der Waals surface area contributed by atoms with Gasteiger partial charge in [-0.3, -0.25) is 14.8 Å². The number of aliphatic imine (C=N–C) groups is 1. The van der Waals surface area contributed by atoms with E-state index < -0.39 is 11.3 Å². The number of amides is 1. The molecule has 2 aromatic rings. The second kappa shape index (κ2) is 9.76. The molecule has 0 radical (unpaired) electrons. The van der Waals surface area contributed by atoms with Crippen molar-refractivity contribution in [3.8, 4) is 0 Å². The van der Waals surface area contributed by atoms with Crippen LogP contribution in [0.3, 0.4) is 0 Å². The molecule has 0 spiro atoms. The fourth-order valence-corrected chi connectivity index (χ4v) is 2.82. The fourth-order valence-electron chi connectivity index (χ4n) is 2.45. The number of nitrogens with zero attached hydrogens (tertiary/aromatic N) is 3. The molecule has 31 heavy (non-hydrogen) atoms. The number of nitrogens with two attached hydrogens (primary N) is 3. The number of rotatable bonds is 5. The summed E-state index contributed by atoms with van der Waals surface area (Å²) in [6, 6.07) is 6.80. The van der Waals surface area contributed by atoms with Gasteiger partial charge in [-0.15, -0.1) is 0 Å². The Hall–Kier alpha value is -3.17. The van der Waals surface area contributed by atoms with Crippen molar-refractivity contribution in [1.29, 1.82) is 0 Å². The summed E-state index contributed by atoms with van der Waals surface area (Å²) >= 11 is 3.35. The molecule has 2 rings (SSSR count). The Bertz CT molecular complexity index is 1070. The number of carbonyl (C=O) groups is 1. The summed E-state index contributed by atoms with van der Waals surface area (Å²) in [4.78, 5) is 20.5. The maximum atomic E-state index is 12.6. The number of aliphatic hydroxyl groups is 1. The van der Waals surface area contributed by atoms with Gasteiger partial charge in [0.1, 0.15) is 11.6 Å².